The highest BCUT2D eigenvalue weighted by atomic mass is 32.1. The fraction of sp³-hybridized carbons (Fsp3) is 0.737. The maximum absolute atomic E-state index is 12.9. The summed E-state index contributed by atoms with van der Waals surface area (Å²) in [6.45, 7) is 4.05. The average molecular weight is 460 g/mol. The Morgan fingerprint density at radius 2 is 1.74 bits per heavy atom. The van der Waals surface area contributed by atoms with E-state index in [4.69, 9.17) is 11.5 Å². The van der Waals surface area contributed by atoms with Crippen LogP contribution >= 0.6 is 12.6 Å². The second kappa shape index (κ2) is 12.5. The number of carboxylic acids is 1. The molecule has 1 heterocycles. The van der Waals surface area contributed by atoms with E-state index in [0.29, 0.717) is 19.3 Å². The highest BCUT2D eigenvalue weighted by molar-refractivity contribution is 7.80. The van der Waals surface area contributed by atoms with E-state index in [2.05, 4.69) is 23.3 Å². The predicted octanol–water partition coefficient (Wildman–Crippen LogP) is -1.40. The molecule has 12 heteroatoms. The predicted molar refractivity (Wildman–Crippen MR) is 116 cm³/mol. The lowest BCUT2D eigenvalue weighted by Crippen LogP contribution is -2.57. The van der Waals surface area contributed by atoms with Crippen LogP contribution in [0.1, 0.15) is 46.0 Å². The average Bonchev–Trinajstić information content (AvgIpc) is 3.17. The quantitative estimate of drug-likeness (QED) is 0.194. The van der Waals surface area contributed by atoms with Gasteiger partial charge >= 0.3 is 5.97 Å². The Morgan fingerprint density at radius 3 is 2.26 bits per heavy atom. The zero-order chi connectivity index (χ0) is 23.7. The van der Waals surface area contributed by atoms with Crippen molar-refractivity contribution >= 4 is 42.2 Å². The highest BCUT2D eigenvalue weighted by Gasteiger charge is 2.38. The Kier molecular flexibility index (Phi) is 10.8. The van der Waals surface area contributed by atoms with E-state index in [1.807, 2.05) is 13.8 Å². The molecule has 0 saturated carbocycles. The molecule has 1 aliphatic heterocycles. The number of carbonyl (C=O) groups is 5. The minimum absolute atomic E-state index is 0.0514. The van der Waals surface area contributed by atoms with E-state index >= 15 is 0 Å². The summed E-state index contributed by atoms with van der Waals surface area (Å²) in [5.41, 5.74) is 11.0. The van der Waals surface area contributed by atoms with Crippen LogP contribution in [0.2, 0.25) is 0 Å². The molecule has 31 heavy (non-hydrogen) atoms. The van der Waals surface area contributed by atoms with E-state index < -0.39 is 53.8 Å². The van der Waals surface area contributed by atoms with Crippen molar-refractivity contribution in [2.24, 2.45) is 17.4 Å². The van der Waals surface area contributed by atoms with Gasteiger partial charge in [-0.05, 0) is 31.6 Å². The van der Waals surface area contributed by atoms with Crippen molar-refractivity contribution in [2.45, 2.75) is 70.1 Å². The van der Waals surface area contributed by atoms with Crippen LogP contribution in [0.4, 0.5) is 0 Å². The molecule has 4 amide bonds. The number of likely N-dealkylation sites (tertiary alicyclic amines) is 1. The lowest BCUT2D eigenvalue weighted by Gasteiger charge is -2.28. The number of amides is 4. The second-order valence-corrected chi connectivity index (χ2v) is 8.44. The van der Waals surface area contributed by atoms with Crippen molar-refractivity contribution in [3.8, 4) is 0 Å². The third-order valence-corrected chi connectivity index (χ3v) is 5.36. The molecule has 176 valence electrons. The molecule has 0 spiro atoms. The van der Waals surface area contributed by atoms with Gasteiger partial charge in [0, 0.05) is 18.7 Å². The third kappa shape index (κ3) is 8.37. The van der Waals surface area contributed by atoms with E-state index in [0.717, 1.165) is 0 Å². The van der Waals surface area contributed by atoms with Gasteiger partial charge in [-0.25, -0.2) is 4.79 Å². The number of nitrogens with two attached hydrogens (primary N) is 2. The molecular formula is C19H33N5O6S. The molecule has 1 fully saturated rings. The maximum atomic E-state index is 12.9. The SMILES string of the molecule is CC(C)CC(N)C(=O)NC(CS)C(=O)NC(CCC(N)=O)C(=O)N1CCCC1C(=O)O. The Labute approximate surface area is 187 Å². The minimum Gasteiger partial charge on any atom is -0.480 e. The number of carbonyl (C=O) groups excluding carboxylic acids is 4. The molecule has 1 aliphatic rings. The maximum Gasteiger partial charge on any atom is 0.326 e. The number of carboxylic acid groups (broad SMARTS) is 1. The van der Waals surface area contributed by atoms with Gasteiger partial charge in [-0.1, -0.05) is 13.8 Å². The van der Waals surface area contributed by atoms with Crippen LogP contribution in [0.25, 0.3) is 0 Å². The van der Waals surface area contributed by atoms with Crippen molar-refractivity contribution in [3.63, 3.8) is 0 Å². The molecule has 0 aliphatic carbocycles. The van der Waals surface area contributed by atoms with Crippen LogP contribution in [0.3, 0.4) is 0 Å². The summed E-state index contributed by atoms with van der Waals surface area (Å²) in [5.74, 6) is -3.48. The summed E-state index contributed by atoms with van der Waals surface area (Å²) in [6, 6.07) is -4.02. The Bertz CT molecular complexity index is 689. The molecule has 0 aromatic rings. The van der Waals surface area contributed by atoms with Gasteiger partial charge in [-0.3, -0.25) is 19.2 Å². The van der Waals surface area contributed by atoms with Gasteiger partial charge in [0.1, 0.15) is 18.1 Å². The Hall–Kier alpha value is -2.34. The van der Waals surface area contributed by atoms with Crippen molar-refractivity contribution in [2.75, 3.05) is 12.3 Å². The van der Waals surface area contributed by atoms with Gasteiger partial charge in [0.05, 0.1) is 6.04 Å². The molecule has 0 radical (unpaired) electrons. The van der Waals surface area contributed by atoms with E-state index in [1.54, 1.807) is 0 Å². The number of hydrogen-bond donors (Lipinski definition) is 6. The number of hydrogen-bond acceptors (Lipinski definition) is 7. The summed E-state index contributed by atoms with van der Waals surface area (Å²) >= 11 is 4.09. The van der Waals surface area contributed by atoms with E-state index in [-0.39, 0.29) is 31.1 Å². The summed E-state index contributed by atoms with van der Waals surface area (Å²) in [6.07, 6.45) is 0.975. The summed E-state index contributed by atoms with van der Waals surface area (Å²) in [4.78, 5) is 61.7. The van der Waals surface area contributed by atoms with Crippen molar-refractivity contribution in [1.82, 2.24) is 15.5 Å². The van der Waals surface area contributed by atoms with Crippen LogP contribution in [0, 0.1) is 5.92 Å². The van der Waals surface area contributed by atoms with Gasteiger partial charge in [-0.2, -0.15) is 12.6 Å². The number of thiol groups is 1. The number of primary amides is 1. The van der Waals surface area contributed by atoms with Crippen LogP contribution in [-0.2, 0) is 24.0 Å². The Morgan fingerprint density at radius 1 is 1.13 bits per heavy atom. The monoisotopic (exact) mass is 459 g/mol. The minimum atomic E-state index is -1.16. The largest absolute Gasteiger partial charge is 0.480 e. The lowest BCUT2D eigenvalue weighted by atomic mass is 10.0. The smallest absolute Gasteiger partial charge is 0.326 e. The number of aliphatic carboxylic acids is 1. The molecule has 4 unspecified atom stereocenters. The van der Waals surface area contributed by atoms with Gasteiger partial charge < -0.3 is 32.1 Å². The fourth-order valence-corrected chi connectivity index (χ4v) is 3.65. The number of nitrogens with zero attached hydrogens (tertiary/aromatic N) is 1. The molecule has 11 nitrogen and oxygen atoms in total. The van der Waals surface area contributed by atoms with Crippen molar-refractivity contribution < 1.29 is 29.1 Å². The molecular weight excluding hydrogens is 426 g/mol. The topological polar surface area (TPSA) is 185 Å². The molecule has 0 aromatic heterocycles. The normalized spacial score (nSPS) is 18.9. The van der Waals surface area contributed by atoms with Crippen LogP contribution in [0.5, 0.6) is 0 Å². The summed E-state index contributed by atoms with van der Waals surface area (Å²) < 4.78 is 0. The van der Waals surface area contributed by atoms with Gasteiger partial charge in [-0.15, -0.1) is 0 Å². The van der Waals surface area contributed by atoms with Crippen molar-refractivity contribution in [3.05, 3.63) is 0 Å². The molecule has 7 N–H and O–H groups in total. The standard InChI is InChI=1S/C19H33N5O6S/c1-10(2)8-11(20)16(26)23-13(9-31)17(27)22-12(5-6-15(21)25)18(28)24-7-3-4-14(24)19(29)30/h10-14,31H,3-9,20H2,1-2H3,(H2,21,25)(H,22,27)(H,23,26)(H,29,30). The van der Waals surface area contributed by atoms with Gasteiger partial charge in [0.2, 0.25) is 23.6 Å². The first kappa shape index (κ1) is 26.7. The van der Waals surface area contributed by atoms with Crippen molar-refractivity contribution in [1.29, 1.82) is 0 Å². The first-order valence-electron chi connectivity index (χ1n) is 10.3. The van der Waals surface area contributed by atoms with Gasteiger partial charge in [0.25, 0.3) is 0 Å². The first-order chi connectivity index (χ1) is 14.5. The van der Waals surface area contributed by atoms with E-state index in [1.165, 1.54) is 4.90 Å². The third-order valence-electron chi connectivity index (χ3n) is 4.99. The summed E-state index contributed by atoms with van der Waals surface area (Å²) in [5, 5.41) is 14.4. The Balaban J connectivity index is 2.90. The molecule has 4 atom stereocenters. The zero-order valence-electron chi connectivity index (χ0n) is 17.9. The lowest BCUT2D eigenvalue weighted by molar-refractivity contribution is -0.149. The highest BCUT2D eigenvalue weighted by Crippen LogP contribution is 2.19. The first-order valence-corrected chi connectivity index (χ1v) is 10.9. The molecule has 0 aromatic carbocycles. The second-order valence-electron chi connectivity index (χ2n) is 8.07. The van der Waals surface area contributed by atoms with Crippen LogP contribution in [0.15, 0.2) is 0 Å². The number of rotatable bonds is 12. The molecule has 0 bridgehead atoms. The molecule has 1 saturated heterocycles. The van der Waals surface area contributed by atoms with Gasteiger partial charge in [0.15, 0.2) is 0 Å². The molecule has 1 rings (SSSR count). The van der Waals surface area contributed by atoms with Crippen LogP contribution < -0.4 is 22.1 Å². The zero-order valence-corrected chi connectivity index (χ0v) is 18.8. The fourth-order valence-electron chi connectivity index (χ4n) is 3.39. The summed E-state index contributed by atoms with van der Waals surface area (Å²) in [7, 11) is 0. The van der Waals surface area contributed by atoms with Crippen LogP contribution in [-0.4, -0.2) is 76.1 Å². The van der Waals surface area contributed by atoms with E-state index in [9.17, 15) is 29.1 Å². The number of nitrogens with one attached hydrogen (secondary N) is 2.